The van der Waals surface area contributed by atoms with Crippen LogP contribution in [0.3, 0.4) is 0 Å². The van der Waals surface area contributed by atoms with Crippen molar-refractivity contribution in [3.63, 3.8) is 0 Å². The van der Waals surface area contributed by atoms with Gasteiger partial charge in [-0.15, -0.1) is 0 Å². The first-order valence-electron chi connectivity index (χ1n) is 11.6. The van der Waals surface area contributed by atoms with Gasteiger partial charge in [0.25, 0.3) is 0 Å². The first-order valence-corrected chi connectivity index (χ1v) is 12.0. The lowest BCUT2D eigenvalue weighted by Crippen LogP contribution is -2.44. The largest absolute Gasteiger partial charge is 0.415 e. The van der Waals surface area contributed by atoms with Crippen molar-refractivity contribution in [2.75, 3.05) is 46.8 Å². The third-order valence-corrected chi connectivity index (χ3v) is 7.11. The van der Waals surface area contributed by atoms with Gasteiger partial charge in [0.15, 0.2) is 0 Å². The van der Waals surface area contributed by atoms with E-state index in [0.29, 0.717) is 16.8 Å². The number of amides is 1. The third kappa shape index (κ3) is 7.44. The molecular formula is C24H38ClN3O2. The Morgan fingerprint density at radius 1 is 1.03 bits per heavy atom. The van der Waals surface area contributed by atoms with Crippen molar-refractivity contribution in [3.8, 4) is 5.75 Å². The van der Waals surface area contributed by atoms with E-state index in [4.69, 9.17) is 16.3 Å². The second-order valence-corrected chi connectivity index (χ2v) is 9.54. The Balaban J connectivity index is 1.27. The van der Waals surface area contributed by atoms with E-state index in [1.54, 1.807) is 29.2 Å². The molecule has 1 aromatic rings. The first-order chi connectivity index (χ1) is 14.5. The summed E-state index contributed by atoms with van der Waals surface area (Å²) in [5, 5.41) is 0.640. The van der Waals surface area contributed by atoms with Crippen molar-refractivity contribution in [2.45, 2.75) is 57.4 Å². The number of carbonyl (C=O) groups is 1. The zero-order chi connectivity index (χ0) is 21.3. The van der Waals surface area contributed by atoms with Crippen molar-refractivity contribution in [1.82, 2.24) is 14.7 Å². The predicted molar refractivity (Wildman–Crippen MR) is 123 cm³/mol. The fourth-order valence-electron chi connectivity index (χ4n) is 4.66. The Bertz CT molecular complexity index is 638. The van der Waals surface area contributed by atoms with Gasteiger partial charge in [0.1, 0.15) is 5.75 Å². The van der Waals surface area contributed by atoms with E-state index in [-0.39, 0.29) is 6.09 Å². The van der Waals surface area contributed by atoms with Gasteiger partial charge >= 0.3 is 6.09 Å². The molecule has 168 valence electrons. The lowest BCUT2D eigenvalue weighted by atomic mass is 9.82. The van der Waals surface area contributed by atoms with Crippen LogP contribution in [0.5, 0.6) is 5.75 Å². The number of rotatable bonds is 8. The molecule has 6 heteroatoms. The highest BCUT2D eigenvalue weighted by molar-refractivity contribution is 6.30. The number of likely N-dealkylation sites (N-methyl/N-ethyl adjacent to an activating group) is 1. The summed E-state index contributed by atoms with van der Waals surface area (Å²) in [5.74, 6) is 1.37. The van der Waals surface area contributed by atoms with Gasteiger partial charge in [-0.1, -0.05) is 30.9 Å². The van der Waals surface area contributed by atoms with Gasteiger partial charge < -0.3 is 19.4 Å². The standard InChI is InChI=1S/C24H38ClN3O2/c1-26-16-18-28(19-17-26)15-5-3-4-6-20-7-11-22(12-8-20)27(2)24(29)30-23-13-9-21(25)10-14-23/h9-10,13-14,20,22H,3-8,11-12,15-19H2,1-2H3. The molecule has 0 unspecified atom stereocenters. The van der Waals surface area contributed by atoms with Crippen molar-refractivity contribution in [3.05, 3.63) is 29.3 Å². The van der Waals surface area contributed by atoms with Gasteiger partial charge in [-0.25, -0.2) is 4.79 Å². The average Bonchev–Trinajstić information content (AvgIpc) is 2.76. The molecule has 1 aliphatic heterocycles. The number of carbonyl (C=O) groups excluding carboxylic acids is 1. The molecule has 0 aromatic heterocycles. The highest BCUT2D eigenvalue weighted by Crippen LogP contribution is 2.31. The van der Waals surface area contributed by atoms with Gasteiger partial charge in [-0.05, 0) is 75.9 Å². The topological polar surface area (TPSA) is 36.0 Å². The molecule has 1 aromatic carbocycles. The van der Waals surface area contributed by atoms with E-state index in [1.165, 1.54) is 71.2 Å². The molecule has 1 aliphatic carbocycles. The Morgan fingerprint density at radius 3 is 2.37 bits per heavy atom. The fourth-order valence-corrected chi connectivity index (χ4v) is 4.79. The molecule has 5 nitrogen and oxygen atoms in total. The summed E-state index contributed by atoms with van der Waals surface area (Å²) in [5.41, 5.74) is 0. The second kappa shape index (κ2) is 11.9. The average molecular weight is 436 g/mol. The maximum absolute atomic E-state index is 12.4. The molecule has 3 rings (SSSR count). The molecule has 0 N–H and O–H groups in total. The molecule has 2 aliphatic rings. The number of halogens is 1. The van der Waals surface area contributed by atoms with Crippen LogP contribution in [0.25, 0.3) is 0 Å². The Kier molecular flexibility index (Phi) is 9.28. The van der Waals surface area contributed by atoms with Crippen molar-refractivity contribution >= 4 is 17.7 Å². The van der Waals surface area contributed by atoms with Gasteiger partial charge in [0.05, 0.1) is 0 Å². The van der Waals surface area contributed by atoms with Gasteiger partial charge in [-0.2, -0.15) is 0 Å². The zero-order valence-electron chi connectivity index (χ0n) is 18.7. The van der Waals surface area contributed by atoms with Crippen molar-refractivity contribution < 1.29 is 9.53 Å². The van der Waals surface area contributed by atoms with Crippen molar-refractivity contribution in [2.24, 2.45) is 5.92 Å². The molecule has 0 radical (unpaired) electrons. The highest BCUT2D eigenvalue weighted by Gasteiger charge is 2.27. The molecule has 0 atom stereocenters. The maximum Gasteiger partial charge on any atom is 0.415 e. The number of ether oxygens (including phenoxy) is 1. The SMILES string of the molecule is CN1CCN(CCCCCC2CCC(N(C)C(=O)Oc3ccc(Cl)cc3)CC2)CC1. The first kappa shape index (κ1) is 23.4. The number of hydrogen-bond acceptors (Lipinski definition) is 4. The minimum Gasteiger partial charge on any atom is -0.410 e. The molecule has 1 heterocycles. The summed E-state index contributed by atoms with van der Waals surface area (Å²) in [7, 11) is 4.08. The van der Waals surface area contributed by atoms with Gasteiger partial charge in [-0.3, -0.25) is 0 Å². The summed E-state index contributed by atoms with van der Waals surface area (Å²) in [6.45, 7) is 6.15. The Morgan fingerprint density at radius 2 is 1.70 bits per heavy atom. The fraction of sp³-hybridized carbons (Fsp3) is 0.708. The third-order valence-electron chi connectivity index (χ3n) is 6.85. The van der Waals surface area contributed by atoms with Crippen LogP contribution in [0.2, 0.25) is 5.02 Å². The van der Waals surface area contributed by atoms with Crippen LogP contribution in [0.15, 0.2) is 24.3 Å². The molecule has 0 bridgehead atoms. The molecule has 30 heavy (non-hydrogen) atoms. The summed E-state index contributed by atoms with van der Waals surface area (Å²) >= 11 is 5.89. The smallest absolute Gasteiger partial charge is 0.410 e. The quantitative estimate of drug-likeness (QED) is 0.530. The van der Waals surface area contributed by atoms with Crippen molar-refractivity contribution in [1.29, 1.82) is 0 Å². The summed E-state index contributed by atoms with van der Waals surface area (Å²) in [6.07, 6.45) is 9.70. The molecular weight excluding hydrogens is 398 g/mol. The van der Waals surface area contributed by atoms with Crippen LogP contribution in [0, 0.1) is 5.92 Å². The van der Waals surface area contributed by atoms with Gasteiger partial charge in [0.2, 0.25) is 0 Å². The lowest BCUT2D eigenvalue weighted by Gasteiger charge is -2.34. The monoisotopic (exact) mass is 435 g/mol. The van der Waals surface area contributed by atoms with E-state index >= 15 is 0 Å². The van der Waals surface area contributed by atoms with Crippen LogP contribution < -0.4 is 4.74 Å². The molecule has 0 spiro atoms. The van der Waals surface area contributed by atoms with Crippen LogP contribution in [-0.2, 0) is 0 Å². The maximum atomic E-state index is 12.4. The van der Waals surface area contributed by atoms with Crippen LogP contribution in [0.1, 0.15) is 51.4 Å². The second-order valence-electron chi connectivity index (χ2n) is 9.10. The van der Waals surface area contributed by atoms with E-state index < -0.39 is 0 Å². The van der Waals surface area contributed by atoms with Crippen LogP contribution >= 0.6 is 11.6 Å². The number of hydrogen-bond donors (Lipinski definition) is 0. The summed E-state index contributed by atoms with van der Waals surface area (Å²) in [6, 6.07) is 7.23. The van der Waals surface area contributed by atoms with E-state index in [0.717, 1.165) is 18.8 Å². The molecule has 1 amide bonds. The minimum absolute atomic E-state index is 0.273. The predicted octanol–water partition coefficient (Wildman–Crippen LogP) is 5.14. The molecule has 1 saturated carbocycles. The number of unbranched alkanes of at least 4 members (excludes halogenated alkanes) is 2. The normalized spacial score (nSPS) is 23.3. The molecule has 2 fully saturated rings. The summed E-state index contributed by atoms with van der Waals surface area (Å²) < 4.78 is 5.48. The number of nitrogens with zero attached hydrogens (tertiary/aromatic N) is 3. The van der Waals surface area contributed by atoms with E-state index in [2.05, 4.69) is 16.8 Å². The summed E-state index contributed by atoms with van der Waals surface area (Å²) in [4.78, 5) is 19.2. The minimum atomic E-state index is -0.273. The number of benzene rings is 1. The Hall–Kier alpha value is -1.30. The molecule has 1 saturated heterocycles. The Labute approximate surface area is 187 Å². The van der Waals surface area contributed by atoms with Gasteiger partial charge in [0, 0.05) is 44.3 Å². The number of piperazine rings is 1. The highest BCUT2D eigenvalue weighted by atomic mass is 35.5. The van der Waals surface area contributed by atoms with E-state index in [9.17, 15) is 4.79 Å². The van der Waals surface area contributed by atoms with Crippen LogP contribution in [0.4, 0.5) is 4.79 Å². The van der Waals surface area contributed by atoms with Crippen LogP contribution in [-0.4, -0.2) is 73.7 Å². The lowest BCUT2D eigenvalue weighted by molar-refractivity contribution is 0.123. The zero-order valence-corrected chi connectivity index (χ0v) is 19.4. The van der Waals surface area contributed by atoms with E-state index in [1.807, 2.05) is 7.05 Å².